The number of hydrogen-bond acceptors (Lipinski definition) is 10. The van der Waals surface area contributed by atoms with E-state index in [4.69, 9.17) is 9.47 Å². The summed E-state index contributed by atoms with van der Waals surface area (Å²) in [6, 6.07) is 0. The third-order valence-electron chi connectivity index (χ3n) is 6.90. The Morgan fingerprint density at radius 3 is 1.65 bits per heavy atom. The van der Waals surface area contributed by atoms with Crippen molar-refractivity contribution in [1.29, 1.82) is 0 Å². The molecule has 14 heteroatoms. The number of carbonyl (C=O) groups excluding carboxylic acids is 7. The maximum absolute atomic E-state index is 12.5. The second-order valence-electron chi connectivity index (χ2n) is 12.6. The highest BCUT2D eigenvalue weighted by Gasteiger charge is 2.59. The van der Waals surface area contributed by atoms with E-state index in [1.807, 2.05) is 0 Å². The summed E-state index contributed by atoms with van der Waals surface area (Å²) in [4.78, 5) is 85.2. The lowest BCUT2D eigenvalue weighted by molar-refractivity contribution is -0.164. The molecular formula is C26H38N4O10. The van der Waals surface area contributed by atoms with Crippen molar-refractivity contribution >= 4 is 41.5 Å². The topological polar surface area (TPSA) is 178 Å². The van der Waals surface area contributed by atoms with Crippen LogP contribution >= 0.6 is 0 Å². The summed E-state index contributed by atoms with van der Waals surface area (Å²) in [5.41, 5.74) is -2.67. The Bertz CT molecular complexity index is 1100. The van der Waals surface area contributed by atoms with E-state index in [2.05, 4.69) is 15.4 Å². The Hall–Kier alpha value is -3.71. The lowest BCUT2D eigenvalue weighted by atomic mass is 9.69. The molecule has 1 atom stereocenters. The van der Waals surface area contributed by atoms with Gasteiger partial charge in [0.2, 0.25) is 11.8 Å². The second kappa shape index (κ2) is 10.7. The van der Waals surface area contributed by atoms with Gasteiger partial charge >= 0.3 is 18.2 Å². The fourth-order valence-electron chi connectivity index (χ4n) is 4.80. The first-order valence-electron chi connectivity index (χ1n) is 13.0. The van der Waals surface area contributed by atoms with Crippen LogP contribution in [0, 0.1) is 16.7 Å². The standard InChI is InChI=1S/C14H20N2O6.C12H18N2O4/c1-13(2,3)22-12(20)16-6-14(7-16)5-15-10(18)8(9(14)17)11(19)21-4;1-11(2,3)18-10(17)14-6-12(7-14)5-13-9(16)4-8(12)15/h8H,5-7H2,1-4H3,(H,15,18);4-7H2,1-3H3,(H,13,16). The van der Waals surface area contributed by atoms with Crippen LogP contribution < -0.4 is 10.6 Å². The third kappa shape index (κ3) is 6.53. The number of rotatable bonds is 1. The van der Waals surface area contributed by atoms with Gasteiger partial charge in [-0.1, -0.05) is 0 Å². The van der Waals surface area contributed by atoms with E-state index in [1.54, 1.807) is 41.5 Å². The molecule has 222 valence electrons. The van der Waals surface area contributed by atoms with E-state index in [0.717, 1.165) is 7.11 Å². The highest BCUT2D eigenvalue weighted by Crippen LogP contribution is 2.37. The van der Waals surface area contributed by atoms with Crippen LogP contribution in [0.15, 0.2) is 0 Å². The van der Waals surface area contributed by atoms with Gasteiger partial charge in [0.15, 0.2) is 17.5 Å². The number of Topliss-reactive ketones (excluding diaryl/α,β-unsaturated/α-hetero) is 2. The third-order valence-corrected chi connectivity index (χ3v) is 6.90. The molecule has 4 aliphatic heterocycles. The molecule has 14 nitrogen and oxygen atoms in total. The van der Waals surface area contributed by atoms with E-state index in [-0.39, 0.29) is 37.7 Å². The highest BCUT2D eigenvalue weighted by atomic mass is 16.6. The molecule has 2 N–H and O–H groups in total. The molecule has 4 rings (SSSR count). The zero-order chi connectivity index (χ0) is 30.3. The maximum Gasteiger partial charge on any atom is 0.410 e. The fraction of sp³-hybridized carbons (Fsp3) is 0.731. The first-order chi connectivity index (χ1) is 18.3. The van der Waals surface area contributed by atoms with Gasteiger partial charge in [-0.15, -0.1) is 0 Å². The summed E-state index contributed by atoms with van der Waals surface area (Å²) in [6.07, 6.45) is -1.00. The molecule has 0 aliphatic carbocycles. The SMILES string of the molecule is CC(C)(C)OC(=O)N1CC2(CNC(=O)CC2=O)C1.COC(=O)C1C(=O)NCC2(CN(C(=O)OC(C)(C)C)C2)C1=O. The molecule has 4 amide bonds. The molecule has 40 heavy (non-hydrogen) atoms. The molecule has 4 aliphatic rings. The minimum atomic E-state index is -1.46. The van der Waals surface area contributed by atoms with Crippen molar-refractivity contribution in [2.45, 2.75) is 59.2 Å². The first-order valence-corrected chi connectivity index (χ1v) is 13.0. The molecule has 0 radical (unpaired) electrons. The molecule has 4 saturated heterocycles. The van der Waals surface area contributed by atoms with Crippen LogP contribution in [0.25, 0.3) is 0 Å². The van der Waals surface area contributed by atoms with Gasteiger partial charge < -0.3 is 34.6 Å². The number of piperidine rings is 2. The molecule has 4 fully saturated rings. The molecule has 0 saturated carbocycles. The minimum Gasteiger partial charge on any atom is -0.468 e. The van der Waals surface area contributed by atoms with Crippen molar-refractivity contribution in [2.24, 2.45) is 16.7 Å². The number of carbonyl (C=O) groups is 7. The molecule has 2 spiro atoms. The Labute approximate surface area is 232 Å². The summed E-state index contributed by atoms with van der Waals surface area (Å²) in [7, 11) is 1.12. The van der Waals surface area contributed by atoms with E-state index in [1.165, 1.54) is 9.80 Å². The summed E-state index contributed by atoms with van der Waals surface area (Å²) in [6.45, 7) is 12.0. The number of hydrogen-bond donors (Lipinski definition) is 2. The number of likely N-dealkylation sites (tertiary alicyclic amines) is 2. The zero-order valence-corrected chi connectivity index (χ0v) is 24.0. The van der Waals surface area contributed by atoms with Gasteiger partial charge in [-0.05, 0) is 41.5 Å². The molecule has 4 heterocycles. The molecule has 0 aromatic rings. The summed E-state index contributed by atoms with van der Waals surface area (Å²) < 4.78 is 15.0. The van der Waals surface area contributed by atoms with Crippen molar-refractivity contribution in [3.8, 4) is 0 Å². The van der Waals surface area contributed by atoms with Gasteiger partial charge in [0, 0.05) is 39.3 Å². The summed E-state index contributed by atoms with van der Waals surface area (Å²) in [5.74, 6) is -3.80. The number of amides is 4. The first kappa shape index (κ1) is 30.8. The normalized spacial score (nSPS) is 23.1. The van der Waals surface area contributed by atoms with Gasteiger partial charge in [-0.2, -0.15) is 0 Å². The van der Waals surface area contributed by atoms with Gasteiger partial charge in [0.1, 0.15) is 11.2 Å². The van der Waals surface area contributed by atoms with E-state index in [0.29, 0.717) is 19.6 Å². The van der Waals surface area contributed by atoms with E-state index < -0.39 is 57.8 Å². The van der Waals surface area contributed by atoms with Crippen molar-refractivity contribution in [3.05, 3.63) is 0 Å². The van der Waals surface area contributed by atoms with Crippen LogP contribution in [0.2, 0.25) is 0 Å². The number of ketones is 2. The summed E-state index contributed by atoms with van der Waals surface area (Å²) >= 11 is 0. The average molecular weight is 567 g/mol. The number of esters is 1. The Balaban J connectivity index is 0.000000225. The second-order valence-corrected chi connectivity index (χ2v) is 12.6. The van der Waals surface area contributed by atoms with Crippen molar-refractivity contribution in [3.63, 3.8) is 0 Å². The predicted molar refractivity (Wildman–Crippen MR) is 137 cm³/mol. The van der Waals surface area contributed by atoms with Crippen LogP contribution in [-0.4, -0.2) is 109 Å². The van der Waals surface area contributed by atoms with Crippen molar-refractivity contribution < 1.29 is 47.8 Å². The zero-order valence-electron chi connectivity index (χ0n) is 24.0. The van der Waals surface area contributed by atoms with Crippen LogP contribution in [0.3, 0.4) is 0 Å². The largest absolute Gasteiger partial charge is 0.468 e. The number of nitrogens with zero attached hydrogens (tertiary/aromatic N) is 2. The molecule has 0 aromatic heterocycles. The predicted octanol–water partition coefficient (Wildman–Crippen LogP) is 0.0241. The molecule has 1 unspecified atom stereocenters. The lowest BCUT2D eigenvalue weighted by Gasteiger charge is -2.51. The number of methoxy groups -OCH3 is 1. The van der Waals surface area contributed by atoms with Crippen LogP contribution in [-0.2, 0) is 38.2 Å². The molecule has 0 aromatic carbocycles. The minimum absolute atomic E-state index is 0.0777. The quantitative estimate of drug-likeness (QED) is 0.250. The Morgan fingerprint density at radius 2 is 1.23 bits per heavy atom. The lowest BCUT2D eigenvalue weighted by Crippen LogP contribution is -2.71. The van der Waals surface area contributed by atoms with Crippen molar-refractivity contribution in [2.75, 3.05) is 46.4 Å². The van der Waals surface area contributed by atoms with E-state index >= 15 is 0 Å². The smallest absolute Gasteiger partial charge is 0.410 e. The van der Waals surface area contributed by atoms with Gasteiger partial charge in [0.25, 0.3) is 0 Å². The van der Waals surface area contributed by atoms with Crippen LogP contribution in [0.4, 0.5) is 9.59 Å². The van der Waals surface area contributed by atoms with Gasteiger partial charge in [0.05, 0.1) is 24.4 Å². The fourth-order valence-corrected chi connectivity index (χ4v) is 4.80. The monoisotopic (exact) mass is 566 g/mol. The van der Waals surface area contributed by atoms with Gasteiger partial charge in [-0.3, -0.25) is 24.0 Å². The van der Waals surface area contributed by atoms with Crippen molar-refractivity contribution in [1.82, 2.24) is 20.4 Å². The molecular weight excluding hydrogens is 528 g/mol. The average Bonchev–Trinajstić information content (AvgIpc) is 2.74. The highest BCUT2D eigenvalue weighted by molar-refractivity contribution is 6.20. The Morgan fingerprint density at radius 1 is 0.775 bits per heavy atom. The maximum atomic E-state index is 12.5. The van der Waals surface area contributed by atoms with Gasteiger partial charge in [-0.25, -0.2) is 9.59 Å². The summed E-state index contributed by atoms with van der Waals surface area (Å²) in [5, 5.41) is 5.21. The van der Waals surface area contributed by atoms with E-state index in [9.17, 15) is 33.6 Å². The number of nitrogens with one attached hydrogen (secondary N) is 2. The Kier molecular flexibility index (Phi) is 8.24. The number of ether oxygens (including phenoxy) is 3. The van der Waals surface area contributed by atoms with Crippen LogP contribution in [0.1, 0.15) is 48.0 Å². The molecule has 0 bridgehead atoms. The van der Waals surface area contributed by atoms with Crippen LogP contribution in [0.5, 0.6) is 0 Å².